The number of amides is 1. The summed E-state index contributed by atoms with van der Waals surface area (Å²) in [6.07, 6.45) is 5.06. The van der Waals surface area contributed by atoms with Crippen LogP contribution in [0.4, 0.5) is 10.1 Å². The highest BCUT2D eigenvalue weighted by atomic mass is 32.2. The van der Waals surface area contributed by atoms with Crippen LogP contribution in [0.3, 0.4) is 0 Å². The van der Waals surface area contributed by atoms with E-state index in [1.807, 2.05) is 17.0 Å². The molecule has 0 unspecified atom stereocenters. The number of rotatable bonds is 12. The van der Waals surface area contributed by atoms with Crippen LogP contribution < -0.4 is 21.5 Å². The number of nitrogens with one attached hydrogen (secondary N) is 4. The number of H-pyrrole nitrogens is 3. The van der Waals surface area contributed by atoms with Gasteiger partial charge in [-0.05, 0) is 68.1 Å². The number of hydrogen-bond acceptors (Lipinski definition) is 9. The maximum Gasteiger partial charge on any atom is 0.341 e. The SMILES string of the molecule is C#CCN(Cc1cc2c(=O)[nH]c(C)nc2cc1C)c1ccc(C(=O)N[C@@H](CCCS(=O)(=O)c2n[nH]c(=O)[nH]2)C(=O)O)c(F)c1. The Bertz CT molecular complexity index is 2010. The van der Waals surface area contributed by atoms with Gasteiger partial charge >= 0.3 is 11.7 Å². The number of carbonyl (C=O) groups is 2. The Morgan fingerprint density at radius 1 is 1.18 bits per heavy atom. The zero-order chi connectivity index (χ0) is 32.2. The predicted molar refractivity (Wildman–Crippen MR) is 158 cm³/mol. The van der Waals surface area contributed by atoms with E-state index in [1.165, 1.54) is 12.1 Å². The molecule has 2 aromatic carbocycles. The van der Waals surface area contributed by atoms with Gasteiger partial charge in [0.2, 0.25) is 15.0 Å². The molecule has 0 saturated carbocycles. The average molecular weight is 626 g/mol. The summed E-state index contributed by atoms with van der Waals surface area (Å²) in [7, 11) is -4.01. The Kier molecular flexibility index (Phi) is 9.29. The van der Waals surface area contributed by atoms with E-state index in [9.17, 15) is 32.7 Å². The molecule has 0 radical (unpaired) electrons. The van der Waals surface area contributed by atoms with Crippen LogP contribution in [0.5, 0.6) is 0 Å². The number of anilines is 1. The molecule has 0 bridgehead atoms. The second-order valence-corrected chi connectivity index (χ2v) is 12.0. The number of aliphatic carboxylic acids is 1. The molecule has 4 aromatic rings. The quantitative estimate of drug-likeness (QED) is 0.142. The molecule has 2 heterocycles. The fourth-order valence-corrected chi connectivity index (χ4v) is 5.70. The van der Waals surface area contributed by atoms with Crippen molar-refractivity contribution in [2.75, 3.05) is 17.2 Å². The van der Waals surface area contributed by atoms with Crippen LogP contribution >= 0.6 is 0 Å². The monoisotopic (exact) mass is 625 g/mol. The molecule has 5 N–H and O–H groups in total. The van der Waals surface area contributed by atoms with Gasteiger partial charge in [-0.25, -0.2) is 32.5 Å². The lowest BCUT2D eigenvalue weighted by atomic mass is 10.0. The maximum absolute atomic E-state index is 15.2. The topological polar surface area (TPSA) is 211 Å². The van der Waals surface area contributed by atoms with Crippen molar-refractivity contribution in [1.29, 1.82) is 0 Å². The molecule has 0 spiro atoms. The first-order valence-electron chi connectivity index (χ1n) is 13.2. The summed E-state index contributed by atoms with van der Waals surface area (Å²) in [4.78, 5) is 58.8. The standard InChI is InChI=1S/C28H28FN7O7S/c1-4-9-36(14-17-12-20-23(11-15(17)2)30-16(3)31-25(20)38)18-7-8-19(21(29)13-18)24(37)32-22(26(39)40)6-5-10-44(42,43)28-33-27(41)34-35-28/h1,7-8,11-13,22H,5-6,9-10,14H2,2-3H3,(H,32,37)(H,39,40)(H,30,31,38)(H2,33,34,35,41)/t22-/m0/s1. The van der Waals surface area contributed by atoms with Gasteiger partial charge in [-0.1, -0.05) is 5.92 Å². The van der Waals surface area contributed by atoms with Gasteiger partial charge in [0.1, 0.15) is 17.7 Å². The number of benzene rings is 2. The Balaban J connectivity index is 1.48. The second-order valence-electron chi connectivity index (χ2n) is 9.98. The minimum absolute atomic E-state index is 0.0706. The number of terminal acetylenes is 1. The van der Waals surface area contributed by atoms with Gasteiger partial charge in [0, 0.05) is 12.2 Å². The normalized spacial score (nSPS) is 12.0. The summed E-state index contributed by atoms with van der Waals surface area (Å²) < 4.78 is 39.7. The van der Waals surface area contributed by atoms with E-state index < -0.39 is 55.7 Å². The first kappa shape index (κ1) is 31.6. The molecule has 0 saturated heterocycles. The van der Waals surface area contributed by atoms with E-state index >= 15 is 4.39 Å². The maximum atomic E-state index is 15.2. The average Bonchev–Trinajstić information content (AvgIpc) is 3.39. The van der Waals surface area contributed by atoms with Crippen molar-refractivity contribution in [2.45, 2.75) is 44.4 Å². The van der Waals surface area contributed by atoms with E-state index in [0.29, 0.717) is 22.4 Å². The first-order chi connectivity index (χ1) is 20.8. The van der Waals surface area contributed by atoms with E-state index in [1.54, 1.807) is 24.0 Å². The lowest BCUT2D eigenvalue weighted by Gasteiger charge is -2.24. The Morgan fingerprint density at radius 3 is 2.57 bits per heavy atom. The molecular formula is C28H28FN7O7S. The number of aromatic nitrogens is 5. The van der Waals surface area contributed by atoms with Gasteiger partial charge in [-0.2, -0.15) is 0 Å². The number of hydrogen-bond donors (Lipinski definition) is 5. The van der Waals surface area contributed by atoms with E-state index in [4.69, 9.17) is 6.42 Å². The van der Waals surface area contributed by atoms with Crippen molar-refractivity contribution in [3.63, 3.8) is 0 Å². The summed E-state index contributed by atoms with van der Waals surface area (Å²) in [5, 5.41) is 16.8. The number of nitrogens with zero attached hydrogens (tertiary/aromatic N) is 3. The number of carbonyl (C=O) groups excluding carboxylic acids is 1. The molecule has 230 valence electrons. The molecule has 0 aliphatic rings. The van der Waals surface area contributed by atoms with Crippen LogP contribution in [0.2, 0.25) is 0 Å². The minimum Gasteiger partial charge on any atom is -0.480 e. The number of fused-ring (bicyclic) bond motifs is 1. The summed E-state index contributed by atoms with van der Waals surface area (Å²) in [5.74, 6) is -0.967. The van der Waals surface area contributed by atoms with Gasteiger partial charge in [-0.3, -0.25) is 14.6 Å². The zero-order valence-electron chi connectivity index (χ0n) is 23.6. The van der Waals surface area contributed by atoms with E-state index in [2.05, 4.69) is 26.3 Å². The van der Waals surface area contributed by atoms with Gasteiger partial charge in [0.15, 0.2) is 0 Å². The third-order valence-corrected chi connectivity index (χ3v) is 8.38. The van der Waals surface area contributed by atoms with Crippen molar-refractivity contribution >= 4 is 38.3 Å². The number of carboxylic acids is 1. The van der Waals surface area contributed by atoms with Crippen LogP contribution in [-0.2, 0) is 21.2 Å². The summed E-state index contributed by atoms with van der Waals surface area (Å²) in [6.45, 7) is 3.81. The molecule has 2 aromatic heterocycles. The van der Waals surface area contributed by atoms with Crippen LogP contribution in [0.25, 0.3) is 10.9 Å². The number of carboxylic acid groups (broad SMARTS) is 1. The molecule has 0 fully saturated rings. The highest BCUT2D eigenvalue weighted by Gasteiger charge is 2.25. The Hall–Kier alpha value is -5.30. The summed E-state index contributed by atoms with van der Waals surface area (Å²) in [5.41, 5.74) is 0.903. The lowest BCUT2D eigenvalue weighted by Crippen LogP contribution is -2.41. The van der Waals surface area contributed by atoms with Crippen molar-refractivity contribution < 1.29 is 27.5 Å². The van der Waals surface area contributed by atoms with Crippen LogP contribution in [0.1, 0.15) is 40.2 Å². The fourth-order valence-electron chi connectivity index (χ4n) is 4.53. The highest BCUT2D eigenvalue weighted by molar-refractivity contribution is 7.91. The lowest BCUT2D eigenvalue weighted by molar-refractivity contribution is -0.139. The van der Waals surface area contributed by atoms with Crippen molar-refractivity contribution in [1.82, 2.24) is 30.5 Å². The second kappa shape index (κ2) is 12.9. The summed E-state index contributed by atoms with van der Waals surface area (Å²) in [6, 6.07) is 5.68. The van der Waals surface area contributed by atoms with Crippen LogP contribution in [0.15, 0.2) is 45.1 Å². The molecule has 0 aliphatic carbocycles. The minimum atomic E-state index is -4.01. The molecule has 16 heteroatoms. The Morgan fingerprint density at radius 2 is 1.93 bits per heavy atom. The van der Waals surface area contributed by atoms with Gasteiger partial charge in [-0.15, -0.1) is 11.5 Å². The molecule has 14 nitrogen and oxygen atoms in total. The van der Waals surface area contributed by atoms with Crippen LogP contribution in [0, 0.1) is 32.0 Å². The molecular weight excluding hydrogens is 597 g/mol. The molecule has 0 aliphatic heterocycles. The van der Waals surface area contributed by atoms with E-state index in [0.717, 1.165) is 17.2 Å². The third kappa shape index (κ3) is 7.18. The number of halogens is 1. The summed E-state index contributed by atoms with van der Waals surface area (Å²) >= 11 is 0. The number of sulfone groups is 1. The molecule has 1 amide bonds. The highest BCUT2D eigenvalue weighted by Crippen LogP contribution is 2.24. The van der Waals surface area contributed by atoms with Gasteiger partial charge in [0.05, 0.1) is 28.8 Å². The third-order valence-electron chi connectivity index (χ3n) is 6.77. The molecule has 4 rings (SSSR count). The fraction of sp³-hybridized carbons (Fsp3) is 0.286. The smallest absolute Gasteiger partial charge is 0.341 e. The van der Waals surface area contributed by atoms with E-state index in [-0.39, 0.29) is 31.5 Å². The molecule has 1 atom stereocenters. The number of aryl methyl sites for hydroxylation is 2. The number of aromatic amines is 3. The van der Waals surface area contributed by atoms with Gasteiger partial charge in [0.25, 0.3) is 11.5 Å². The van der Waals surface area contributed by atoms with Gasteiger partial charge < -0.3 is 20.3 Å². The zero-order valence-corrected chi connectivity index (χ0v) is 24.4. The largest absolute Gasteiger partial charge is 0.480 e. The predicted octanol–water partition coefficient (Wildman–Crippen LogP) is 1.17. The Labute approximate surface area is 249 Å². The van der Waals surface area contributed by atoms with Crippen LogP contribution in [-0.4, -0.2) is 68.9 Å². The van der Waals surface area contributed by atoms with Crippen molar-refractivity contribution in [2.24, 2.45) is 0 Å². The first-order valence-corrected chi connectivity index (χ1v) is 14.8. The molecule has 44 heavy (non-hydrogen) atoms. The van der Waals surface area contributed by atoms with Crippen molar-refractivity contribution in [3.05, 3.63) is 79.5 Å². The van der Waals surface area contributed by atoms with Crippen molar-refractivity contribution in [3.8, 4) is 12.3 Å².